The minimum Gasteiger partial charge on any atom is -0.314 e. The molecule has 2 amide bonds. The molecule has 0 saturated carbocycles. The average Bonchev–Trinajstić information content (AvgIpc) is 2.44. The molecule has 2 aromatic carbocycles. The van der Waals surface area contributed by atoms with E-state index in [1.807, 2.05) is 62.4 Å². The summed E-state index contributed by atoms with van der Waals surface area (Å²) in [7, 11) is 0. The van der Waals surface area contributed by atoms with Crippen LogP contribution in [0.2, 0.25) is 5.02 Å². The highest BCUT2D eigenvalue weighted by molar-refractivity contribution is 6.34. The minimum absolute atomic E-state index is 0.323. The average molecular weight is 301 g/mol. The summed E-state index contributed by atoms with van der Waals surface area (Å²) in [5, 5.41) is 5.95. The smallest absolute Gasteiger partial charge is 0.314 e. The van der Waals surface area contributed by atoms with Gasteiger partial charge in [-0.05, 0) is 42.7 Å². The number of amides is 2. The van der Waals surface area contributed by atoms with E-state index in [0.29, 0.717) is 10.7 Å². The molecule has 0 radical (unpaired) electrons. The molecule has 2 rings (SSSR count). The number of urea groups is 1. The zero-order valence-electron chi connectivity index (χ0n) is 12.0. The van der Waals surface area contributed by atoms with Gasteiger partial charge in [0, 0.05) is 6.20 Å². The number of nitrogens with one attached hydrogen (secondary N) is 2. The Morgan fingerprint density at radius 1 is 1.14 bits per heavy atom. The van der Waals surface area contributed by atoms with Crippen LogP contribution in [0.5, 0.6) is 0 Å². The van der Waals surface area contributed by atoms with E-state index in [9.17, 15) is 4.79 Å². The summed E-state index contributed by atoms with van der Waals surface area (Å²) in [6.07, 6.45) is 3.42. The van der Waals surface area contributed by atoms with Crippen LogP contribution in [-0.2, 0) is 0 Å². The molecule has 0 fully saturated rings. The molecule has 0 bridgehead atoms. The van der Waals surface area contributed by atoms with Crippen LogP contribution < -0.4 is 10.6 Å². The number of anilines is 1. The Hall–Kier alpha value is -2.26. The van der Waals surface area contributed by atoms with Crippen LogP contribution in [0.4, 0.5) is 10.5 Å². The van der Waals surface area contributed by atoms with Gasteiger partial charge in [-0.1, -0.05) is 48.0 Å². The quantitative estimate of drug-likeness (QED) is 0.844. The highest BCUT2D eigenvalue weighted by Crippen LogP contribution is 2.27. The lowest BCUT2D eigenvalue weighted by atomic mass is 10.1. The summed E-state index contributed by atoms with van der Waals surface area (Å²) < 4.78 is 0. The zero-order valence-corrected chi connectivity index (χ0v) is 12.7. The SMILES string of the molecule is Cc1cc(C)c(NC(=O)N/C=C/c2ccccc2)c(Cl)c1. The van der Waals surface area contributed by atoms with E-state index in [1.165, 1.54) is 0 Å². The maximum absolute atomic E-state index is 11.9. The van der Waals surface area contributed by atoms with E-state index in [-0.39, 0.29) is 6.03 Å². The van der Waals surface area contributed by atoms with Gasteiger partial charge in [-0.2, -0.15) is 0 Å². The van der Waals surface area contributed by atoms with Crippen molar-refractivity contribution in [2.45, 2.75) is 13.8 Å². The van der Waals surface area contributed by atoms with Crippen molar-refractivity contribution >= 4 is 29.4 Å². The predicted molar refractivity (Wildman–Crippen MR) is 88.6 cm³/mol. The first-order valence-electron chi connectivity index (χ1n) is 6.62. The molecule has 0 saturated heterocycles. The van der Waals surface area contributed by atoms with E-state index in [4.69, 9.17) is 11.6 Å². The van der Waals surface area contributed by atoms with Gasteiger partial charge in [0.2, 0.25) is 0 Å². The van der Waals surface area contributed by atoms with Crippen molar-refractivity contribution in [3.63, 3.8) is 0 Å². The van der Waals surface area contributed by atoms with E-state index < -0.39 is 0 Å². The van der Waals surface area contributed by atoms with Crippen LogP contribution in [-0.4, -0.2) is 6.03 Å². The van der Waals surface area contributed by atoms with Crippen LogP contribution in [0.1, 0.15) is 16.7 Å². The first-order valence-corrected chi connectivity index (χ1v) is 7.00. The fourth-order valence-corrected chi connectivity index (χ4v) is 2.37. The molecule has 0 atom stereocenters. The third kappa shape index (κ3) is 4.36. The molecule has 108 valence electrons. The fourth-order valence-electron chi connectivity index (χ4n) is 2.00. The topological polar surface area (TPSA) is 41.1 Å². The van der Waals surface area contributed by atoms with Crippen LogP contribution >= 0.6 is 11.6 Å². The Morgan fingerprint density at radius 3 is 2.52 bits per heavy atom. The predicted octanol–water partition coefficient (Wildman–Crippen LogP) is 4.75. The number of hydrogen-bond acceptors (Lipinski definition) is 1. The number of hydrogen-bond donors (Lipinski definition) is 2. The number of halogens is 1. The number of aryl methyl sites for hydroxylation is 2. The van der Waals surface area contributed by atoms with E-state index in [0.717, 1.165) is 16.7 Å². The van der Waals surface area contributed by atoms with Gasteiger partial charge in [-0.3, -0.25) is 0 Å². The maximum Gasteiger partial charge on any atom is 0.323 e. The molecule has 0 aliphatic carbocycles. The van der Waals surface area contributed by atoms with Gasteiger partial charge in [-0.25, -0.2) is 4.79 Å². The number of benzene rings is 2. The van der Waals surface area contributed by atoms with Crippen molar-refractivity contribution in [3.05, 3.63) is 70.4 Å². The van der Waals surface area contributed by atoms with Crippen LogP contribution in [0.25, 0.3) is 6.08 Å². The second kappa shape index (κ2) is 6.95. The molecule has 0 aliphatic heterocycles. The molecule has 0 spiro atoms. The number of carbonyl (C=O) groups is 1. The summed E-state index contributed by atoms with van der Waals surface area (Å²) >= 11 is 6.15. The van der Waals surface area contributed by atoms with Crippen molar-refractivity contribution in [2.24, 2.45) is 0 Å². The van der Waals surface area contributed by atoms with Crippen LogP contribution in [0.15, 0.2) is 48.7 Å². The maximum atomic E-state index is 11.9. The lowest BCUT2D eigenvalue weighted by Crippen LogP contribution is -2.24. The Morgan fingerprint density at radius 2 is 1.86 bits per heavy atom. The van der Waals surface area contributed by atoms with Gasteiger partial charge in [0.25, 0.3) is 0 Å². The lowest BCUT2D eigenvalue weighted by molar-refractivity contribution is 0.255. The van der Waals surface area contributed by atoms with Crippen LogP contribution in [0, 0.1) is 13.8 Å². The summed E-state index contributed by atoms with van der Waals surface area (Å²) in [6.45, 7) is 3.87. The van der Waals surface area contributed by atoms with Gasteiger partial charge < -0.3 is 10.6 Å². The highest BCUT2D eigenvalue weighted by Gasteiger charge is 2.08. The lowest BCUT2D eigenvalue weighted by Gasteiger charge is -2.11. The molecule has 3 nitrogen and oxygen atoms in total. The van der Waals surface area contributed by atoms with Gasteiger partial charge in [-0.15, -0.1) is 0 Å². The van der Waals surface area contributed by atoms with Crippen molar-refractivity contribution in [2.75, 3.05) is 5.32 Å². The van der Waals surface area contributed by atoms with Crippen molar-refractivity contribution in [3.8, 4) is 0 Å². The first-order chi connectivity index (χ1) is 10.1. The molecular weight excluding hydrogens is 284 g/mol. The molecule has 2 aromatic rings. The second-order valence-electron chi connectivity index (χ2n) is 4.78. The molecule has 21 heavy (non-hydrogen) atoms. The van der Waals surface area contributed by atoms with Crippen molar-refractivity contribution in [1.29, 1.82) is 0 Å². The fraction of sp³-hybridized carbons (Fsp3) is 0.118. The number of rotatable bonds is 3. The molecule has 0 aliphatic rings. The van der Waals surface area contributed by atoms with Gasteiger partial charge in [0.15, 0.2) is 0 Å². The Bertz CT molecular complexity index is 643. The molecular formula is C17H17ClN2O. The molecule has 4 heteroatoms. The highest BCUT2D eigenvalue weighted by atomic mass is 35.5. The normalized spacial score (nSPS) is 10.6. The first kappa shape index (κ1) is 15.1. The minimum atomic E-state index is -0.323. The summed E-state index contributed by atoms with van der Waals surface area (Å²) in [5.41, 5.74) is 3.64. The third-order valence-corrected chi connectivity index (χ3v) is 3.26. The largest absolute Gasteiger partial charge is 0.323 e. The van der Waals surface area contributed by atoms with Crippen LogP contribution in [0.3, 0.4) is 0 Å². The third-order valence-electron chi connectivity index (χ3n) is 2.96. The van der Waals surface area contributed by atoms with Gasteiger partial charge in [0.1, 0.15) is 0 Å². The Kier molecular flexibility index (Phi) is 5.01. The molecule has 0 unspecified atom stereocenters. The summed E-state index contributed by atoms with van der Waals surface area (Å²) in [5.74, 6) is 0. The Balaban J connectivity index is 1.98. The monoisotopic (exact) mass is 300 g/mol. The second-order valence-corrected chi connectivity index (χ2v) is 5.19. The van der Waals surface area contributed by atoms with Gasteiger partial charge >= 0.3 is 6.03 Å². The zero-order chi connectivity index (χ0) is 15.2. The van der Waals surface area contributed by atoms with E-state index in [1.54, 1.807) is 6.20 Å². The Labute approximate surface area is 129 Å². The van der Waals surface area contributed by atoms with E-state index in [2.05, 4.69) is 10.6 Å². The van der Waals surface area contributed by atoms with Gasteiger partial charge in [0.05, 0.1) is 10.7 Å². The molecule has 0 heterocycles. The summed E-state index contributed by atoms with van der Waals surface area (Å²) in [4.78, 5) is 11.9. The molecule has 0 aromatic heterocycles. The van der Waals surface area contributed by atoms with Crippen molar-refractivity contribution in [1.82, 2.24) is 5.32 Å². The standard InChI is InChI=1S/C17H17ClN2O/c1-12-10-13(2)16(15(18)11-12)20-17(21)19-9-8-14-6-4-3-5-7-14/h3-11H,1-2H3,(H2,19,20,21)/b9-8+. The van der Waals surface area contributed by atoms with Crippen molar-refractivity contribution < 1.29 is 4.79 Å². The summed E-state index contributed by atoms with van der Waals surface area (Å²) in [6, 6.07) is 13.2. The number of carbonyl (C=O) groups excluding carboxylic acids is 1. The molecule has 2 N–H and O–H groups in total. The van der Waals surface area contributed by atoms with E-state index >= 15 is 0 Å².